The lowest BCUT2D eigenvalue weighted by Gasteiger charge is -2.40. The van der Waals surface area contributed by atoms with Crippen LogP contribution in [-0.4, -0.2) is 60.0 Å². The third-order valence-corrected chi connectivity index (χ3v) is 8.14. The highest BCUT2D eigenvalue weighted by Gasteiger charge is 2.30. The molecule has 0 spiro atoms. The van der Waals surface area contributed by atoms with Crippen LogP contribution < -0.4 is 4.74 Å². The standard InChI is InChI=1S/C26H31N3O2S/c1-18-24(26(30)29-16-12-20(13-17-29)28-14-6-3-7-15-28)32-25(27-18)23-21-9-5-4-8-19(21)10-11-22(23)31-2/h4-5,8-11,20H,3,6-7,12-17H2,1-2H3. The molecular formula is C26H31N3O2S. The Bertz CT molecular complexity index is 1110. The minimum Gasteiger partial charge on any atom is -0.496 e. The van der Waals surface area contributed by atoms with Crippen LogP contribution in [0.4, 0.5) is 0 Å². The lowest BCUT2D eigenvalue weighted by molar-refractivity contribution is 0.0593. The summed E-state index contributed by atoms with van der Waals surface area (Å²) < 4.78 is 5.67. The fourth-order valence-corrected chi connectivity index (χ4v) is 6.30. The van der Waals surface area contributed by atoms with Crippen molar-refractivity contribution >= 4 is 28.0 Å². The summed E-state index contributed by atoms with van der Waals surface area (Å²) in [5, 5.41) is 3.09. The molecule has 1 amide bonds. The molecule has 0 bridgehead atoms. The number of fused-ring (bicyclic) bond motifs is 1. The minimum absolute atomic E-state index is 0.127. The Morgan fingerprint density at radius 1 is 1.03 bits per heavy atom. The predicted octanol–water partition coefficient (Wildman–Crippen LogP) is 5.37. The largest absolute Gasteiger partial charge is 0.496 e. The summed E-state index contributed by atoms with van der Waals surface area (Å²) in [6, 6.07) is 12.9. The van der Waals surface area contributed by atoms with Gasteiger partial charge in [-0.3, -0.25) is 4.79 Å². The lowest BCUT2D eigenvalue weighted by atomic mass is 10.00. The summed E-state index contributed by atoms with van der Waals surface area (Å²) in [6.07, 6.45) is 6.16. The van der Waals surface area contributed by atoms with Crippen molar-refractivity contribution in [3.63, 3.8) is 0 Å². The Morgan fingerprint density at radius 3 is 2.53 bits per heavy atom. The van der Waals surface area contributed by atoms with Crippen LogP contribution in [0.5, 0.6) is 5.75 Å². The highest BCUT2D eigenvalue weighted by atomic mass is 32.1. The van der Waals surface area contributed by atoms with E-state index in [0.717, 1.165) is 63.6 Å². The Hall–Kier alpha value is -2.44. The number of ether oxygens (including phenoxy) is 1. The number of aryl methyl sites for hydroxylation is 1. The monoisotopic (exact) mass is 449 g/mol. The number of rotatable bonds is 4. The lowest BCUT2D eigenvalue weighted by Crippen LogP contribution is -2.48. The van der Waals surface area contributed by atoms with E-state index in [1.165, 1.54) is 43.7 Å². The molecule has 168 valence electrons. The molecule has 0 atom stereocenters. The second-order valence-corrected chi connectivity index (χ2v) is 9.92. The summed E-state index contributed by atoms with van der Waals surface area (Å²) in [5.74, 6) is 0.918. The number of aromatic nitrogens is 1. The molecule has 0 unspecified atom stereocenters. The molecule has 2 aromatic carbocycles. The maximum atomic E-state index is 13.4. The van der Waals surface area contributed by atoms with Crippen molar-refractivity contribution < 1.29 is 9.53 Å². The quantitative estimate of drug-likeness (QED) is 0.537. The molecule has 0 N–H and O–H groups in total. The number of hydrogen-bond acceptors (Lipinski definition) is 5. The zero-order valence-electron chi connectivity index (χ0n) is 19.0. The SMILES string of the molecule is COc1ccc2ccccc2c1-c1nc(C)c(C(=O)N2CCC(N3CCCCC3)CC2)s1. The highest BCUT2D eigenvalue weighted by Crippen LogP contribution is 2.40. The van der Waals surface area contributed by atoms with Crippen LogP contribution in [0, 0.1) is 6.92 Å². The average Bonchev–Trinajstić information content (AvgIpc) is 3.24. The topological polar surface area (TPSA) is 45.7 Å². The maximum Gasteiger partial charge on any atom is 0.265 e. The number of likely N-dealkylation sites (tertiary alicyclic amines) is 2. The summed E-state index contributed by atoms with van der Waals surface area (Å²) in [4.78, 5) is 23.7. The van der Waals surface area contributed by atoms with Gasteiger partial charge in [0, 0.05) is 19.1 Å². The Balaban J connectivity index is 1.38. The van der Waals surface area contributed by atoms with Crippen molar-refractivity contribution in [3.8, 4) is 16.3 Å². The second-order valence-electron chi connectivity index (χ2n) is 8.92. The third kappa shape index (κ3) is 4.02. The number of thiazole rings is 1. The van der Waals surface area contributed by atoms with E-state index in [4.69, 9.17) is 9.72 Å². The molecule has 2 saturated heterocycles. The zero-order valence-corrected chi connectivity index (χ0v) is 19.8. The zero-order chi connectivity index (χ0) is 22.1. The number of nitrogens with zero attached hydrogens (tertiary/aromatic N) is 3. The Labute approximate surface area is 194 Å². The number of benzene rings is 2. The maximum absolute atomic E-state index is 13.4. The molecule has 3 aromatic rings. The third-order valence-electron chi connectivity index (χ3n) is 6.97. The van der Waals surface area contributed by atoms with Crippen molar-refractivity contribution in [3.05, 3.63) is 47.0 Å². The fraction of sp³-hybridized carbons (Fsp3) is 0.462. The number of methoxy groups -OCH3 is 1. The van der Waals surface area contributed by atoms with E-state index in [2.05, 4.69) is 23.1 Å². The van der Waals surface area contributed by atoms with Crippen molar-refractivity contribution in [1.29, 1.82) is 0 Å². The summed E-state index contributed by atoms with van der Waals surface area (Å²) in [6.45, 7) is 6.07. The second kappa shape index (κ2) is 9.20. The Kier molecular flexibility index (Phi) is 6.15. The van der Waals surface area contributed by atoms with Gasteiger partial charge in [-0.25, -0.2) is 4.98 Å². The molecular weight excluding hydrogens is 418 g/mol. The van der Waals surface area contributed by atoms with E-state index in [-0.39, 0.29) is 5.91 Å². The van der Waals surface area contributed by atoms with Gasteiger partial charge in [-0.1, -0.05) is 36.8 Å². The summed E-state index contributed by atoms with van der Waals surface area (Å²) in [7, 11) is 1.69. The number of carbonyl (C=O) groups excluding carboxylic acids is 1. The summed E-state index contributed by atoms with van der Waals surface area (Å²) >= 11 is 1.49. The molecule has 32 heavy (non-hydrogen) atoms. The van der Waals surface area contributed by atoms with Gasteiger partial charge in [-0.15, -0.1) is 11.3 Å². The van der Waals surface area contributed by atoms with Gasteiger partial charge in [0.25, 0.3) is 5.91 Å². The smallest absolute Gasteiger partial charge is 0.265 e. The first kappa shape index (κ1) is 21.4. The first-order valence-electron chi connectivity index (χ1n) is 11.7. The Morgan fingerprint density at radius 2 is 1.78 bits per heavy atom. The van der Waals surface area contributed by atoms with Gasteiger partial charge in [0.15, 0.2) is 0 Å². The van der Waals surface area contributed by atoms with E-state index in [1.54, 1.807) is 7.11 Å². The molecule has 5 rings (SSSR count). The van der Waals surface area contributed by atoms with Crippen LogP contribution in [-0.2, 0) is 0 Å². The molecule has 0 aliphatic carbocycles. The van der Waals surface area contributed by atoms with Gasteiger partial charge in [0.2, 0.25) is 0 Å². The fourth-order valence-electron chi connectivity index (χ4n) is 5.21. The molecule has 2 aliphatic heterocycles. The first-order chi connectivity index (χ1) is 15.7. The molecule has 3 heterocycles. The van der Waals surface area contributed by atoms with E-state index in [0.29, 0.717) is 6.04 Å². The van der Waals surface area contributed by atoms with Crippen LogP contribution in [0.1, 0.15) is 47.5 Å². The first-order valence-corrected chi connectivity index (χ1v) is 12.5. The molecule has 2 aliphatic rings. The van der Waals surface area contributed by atoms with Gasteiger partial charge < -0.3 is 14.5 Å². The van der Waals surface area contributed by atoms with Crippen molar-refractivity contribution in [2.45, 2.75) is 45.1 Å². The van der Waals surface area contributed by atoms with Gasteiger partial charge in [-0.2, -0.15) is 0 Å². The summed E-state index contributed by atoms with van der Waals surface area (Å²) in [5.41, 5.74) is 1.78. The normalized spacial score (nSPS) is 18.2. The van der Waals surface area contributed by atoms with Crippen LogP contribution in [0.2, 0.25) is 0 Å². The average molecular weight is 450 g/mol. The predicted molar refractivity (Wildman–Crippen MR) is 131 cm³/mol. The van der Waals surface area contributed by atoms with Gasteiger partial charge >= 0.3 is 0 Å². The van der Waals surface area contributed by atoms with Crippen LogP contribution in [0.25, 0.3) is 21.3 Å². The van der Waals surface area contributed by atoms with E-state index in [9.17, 15) is 4.79 Å². The molecule has 0 radical (unpaired) electrons. The van der Waals surface area contributed by atoms with E-state index >= 15 is 0 Å². The molecule has 0 saturated carbocycles. The van der Waals surface area contributed by atoms with Crippen LogP contribution in [0.3, 0.4) is 0 Å². The van der Waals surface area contributed by atoms with Crippen molar-refractivity contribution in [2.24, 2.45) is 0 Å². The molecule has 2 fully saturated rings. The van der Waals surface area contributed by atoms with E-state index < -0.39 is 0 Å². The van der Waals surface area contributed by atoms with Crippen LogP contribution in [0.15, 0.2) is 36.4 Å². The van der Waals surface area contributed by atoms with Crippen LogP contribution >= 0.6 is 11.3 Å². The van der Waals surface area contributed by atoms with E-state index in [1.807, 2.05) is 30.0 Å². The van der Waals surface area contributed by atoms with Gasteiger partial charge in [0.05, 0.1) is 18.4 Å². The number of amides is 1. The number of hydrogen-bond donors (Lipinski definition) is 0. The molecule has 1 aromatic heterocycles. The molecule has 6 heteroatoms. The number of carbonyl (C=O) groups is 1. The minimum atomic E-state index is 0.127. The highest BCUT2D eigenvalue weighted by molar-refractivity contribution is 7.17. The van der Waals surface area contributed by atoms with Gasteiger partial charge in [-0.05, 0) is 62.5 Å². The van der Waals surface area contributed by atoms with Gasteiger partial charge in [0.1, 0.15) is 15.6 Å². The molecule has 5 nitrogen and oxygen atoms in total. The number of piperidine rings is 2. The van der Waals surface area contributed by atoms with Crippen molar-refractivity contribution in [1.82, 2.24) is 14.8 Å². The van der Waals surface area contributed by atoms with Crippen molar-refractivity contribution in [2.75, 3.05) is 33.3 Å².